The van der Waals surface area contributed by atoms with Crippen molar-refractivity contribution in [2.75, 3.05) is 7.11 Å². The van der Waals surface area contributed by atoms with Crippen LogP contribution in [0.3, 0.4) is 0 Å². The summed E-state index contributed by atoms with van der Waals surface area (Å²) in [4.78, 5) is 23.0. The second kappa shape index (κ2) is 4.01. The lowest BCUT2D eigenvalue weighted by molar-refractivity contribution is 0.0602. The lowest BCUT2D eigenvalue weighted by Gasteiger charge is -2.05. The third-order valence-corrected chi connectivity index (χ3v) is 2.65. The lowest BCUT2D eigenvalue weighted by Crippen LogP contribution is -2.08. The second-order valence-electron chi connectivity index (χ2n) is 3.76. The molecule has 0 bridgehead atoms. The highest BCUT2D eigenvalue weighted by Gasteiger charge is 2.17. The van der Waals surface area contributed by atoms with Crippen LogP contribution in [-0.2, 0) is 4.74 Å². The van der Waals surface area contributed by atoms with Gasteiger partial charge in [0.15, 0.2) is 0 Å². The first kappa shape index (κ1) is 11.3. The van der Waals surface area contributed by atoms with E-state index >= 15 is 0 Å². The molecule has 0 aliphatic rings. The van der Waals surface area contributed by atoms with Gasteiger partial charge in [-0.05, 0) is 18.6 Å². The van der Waals surface area contributed by atoms with E-state index in [2.05, 4.69) is 5.10 Å². The van der Waals surface area contributed by atoms with Crippen LogP contribution in [0.15, 0.2) is 18.3 Å². The minimum Gasteiger partial charge on any atom is -0.465 e. The van der Waals surface area contributed by atoms with Crippen LogP contribution in [0.5, 0.6) is 0 Å². The number of esters is 1. The van der Waals surface area contributed by atoms with E-state index in [0.717, 1.165) is 5.56 Å². The molecule has 0 N–H and O–H groups in total. The number of ether oxygens (including phenoxy) is 1. The van der Waals surface area contributed by atoms with Crippen LogP contribution >= 0.6 is 0 Å². The first-order valence-electron chi connectivity index (χ1n) is 5.13. The molecule has 2 aromatic rings. The maximum Gasteiger partial charge on any atom is 0.338 e. The van der Waals surface area contributed by atoms with E-state index in [1.165, 1.54) is 24.9 Å². The van der Waals surface area contributed by atoms with Crippen LogP contribution < -0.4 is 0 Å². The number of methoxy groups -OCH3 is 1. The highest BCUT2D eigenvalue weighted by atomic mass is 16.5. The first-order chi connectivity index (χ1) is 8.06. The molecule has 88 valence electrons. The summed E-state index contributed by atoms with van der Waals surface area (Å²) in [5, 5.41) is 4.60. The first-order valence-corrected chi connectivity index (χ1v) is 5.13. The van der Waals surface area contributed by atoms with Crippen LogP contribution in [0.2, 0.25) is 0 Å². The Kier molecular flexibility index (Phi) is 2.67. The molecule has 0 atom stereocenters. The van der Waals surface area contributed by atoms with E-state index in [1.807, 2.05) is 6.92 Å². The number of nitrogens with zero attached hydrogens (tertiary/aromatic N) is 2. The average Bonchev–Trinajstić information content (AvgIpc) is 2.71. The fourth-order valence-corrected chi connectivity index (χ4v) is 1.83. The van der Waals surface area contributed by atoms with E-state index in [1.54, 1.807) is 12.1 Å². The van der Waals surface area contributed by atoms with Gasteiger partial charge in [-0.3, -0.25) is 4.79 Å². The number of aryl methyl sites for hydroxylation is 1. The topological polar surface area (TPSA) is 61.2 Å². The highest BCUT2D eigenvalue weighted by molar-refractivity contribution is 6.06. The molecule has 0 aliphatic carbocycles. The SMILES string of the molecule is COC(=O)c1c(C)ccc2c1cnn2C(C)=O. The number of hydrogen-bond acceptors (Lipinski definition) is 4. The van der Waals surface area contributed by atoms with Gasteiger partial charge in [0.25, 0.3) is 0 Å². The molecule has 5 nitrogen and oxygen atoms in total. The number of rotatable bonds is 1. The van der Waals surface area contributed by atoms with Crippen LogP contribution in [0.25, 0.3) is 10.9 Å². The Balaban J connectivity index is 2.79. The van der Waals surface area contributed by atoms with Crippen LogP contribution in [-0.4, -0.2) is 28.8 Å². The van der Waals surface area contributed by atoms with Gasteiger partial charge in [0.2, 0.25) is 5.91 Å². The van der Waals surface area contributed by atoms with Gasteiger partial charge >= 0.3 is 5.97 Å². The zero-order chi connectivity index (χ0) is 12.6. The number of benzene rings is 1. The molecule has 1 aromatic heterocycles. The molecule has 0 radical (unpaired) electrons. The fourth-order valence-electron chi connectivity index (χ4n) is 1.83. The molecule has 0 spiro atoms. The molecule has 1 aromatic carbocycles. The predicted molar refractivity (Wildman–Crippen MR) is 62.1 cm³/mol. The van der Waals surface area contributed by atoms with Crippen molar-refractivity contribution in [1.82, 2.24) is 9.78 Å². The molecule has 17 heavy (non-hydrogen) atoms. The number of carbonyl (C=O) groups excluding carboxylic acids is 2. The van der Waals surface area contributed by atoms with Crippen LogP contribution in [0.4, 0.5) is 0 Å². The Bertz CT molecular complexity index is 613. The van der Waals surface area contributed by atoms with Crippen LogP contribution in [0.1, 0.15) is 27.6 Å². The van der Waals surface area contributed by atoms with Gasteiger partial charge in [-0.25, -0.2) is 9.48 Å². The monoisotopic (exact) mass is 232 g/mol. The van der Waals surface area contributed by atoms with Gasteiger partial charge in [0.05, 0.1) is 24.4 Å². The Morgan fingerprint density at radius 2 is 2.06 bits per heavy atom. The molecular formula is C12H12N2O3. The van der Waals surface area contributed by atoms with Crippen molar-refractivity contribution in [2.24, 2.45) is 0 Å². The van der Waals surface area contributed by atoms with Gasteiger partial charge in [-0.1, -0.05) is 6.07 Å². The van der Waals surface area contributed by atoms with E-state index < -0.39 is 5.97 Å². The summed E-state index contributed by atoms with van der Waals surface area (Å²) in [6, 6.07) is 3.54. The van der Waals surface area contributed by atoms with Crippen molar-refractivity contribution < 1.29 is 14.3 Å². The van der Waals surface area contributed by atoms with E-state index in [-0.39, 0.29) is 5.91 Å². The second-order valence-corrected chi connectivity index (χ2v) is 3.76. The molecule has 0 fully saturated rings. The summed E-state index contributed by atoms with van der Waals surface area (Å²) < 4.78 is 6.00. The Morgan fingerprint density at radius 3 is 2.65 bits per heavy atom. The summed E-state index contributed by atoms with van der Waals surface area (Å²) in [6.07, 6.45) is 1.51. The maximum absolute atomic E-state index is 11.7. The molecule has 0 aliphatic heterocycles. The summed E-state index contributed by atoms with van der Waals surface area (Å²) in [5.41, 5.74) is 1.87. The summed E-state index contributed by atoms with van der Waals surface area (Å²) >= 11 is 0. The molecular weight excluding hydrogens is 220 g/mol. The van der Waals surface area contributed by atoms with Gasteiger partial charge in [-0.2, -0.15) is 5.10 Å². The summed E-state index contributed by atoms with van der Waals surface area (Å²) in [6.45, 7) is 3.24. The molecule has 1 heterocycles. The normalized spacial score (nSPS) is 10.5. The lowest BCUT2D eigenvalue weighted by atomic mass is 10.0. The van der Waals surface area contributed by atoms with Crippen LogP contribution in [0, 0.1) is 6.92 Å². The molecule has 5 heteroatoms. The van der Waals surface area contributed by atoms with E-state index in [4.69, 9.17) is 4.74 Å². The Hall–Kier alpha value is -2.17. The van der Waals surface area contributed by atoms with Gasteiger partial charge in [0.1, 0.15) is 0 Å². The fraction of sp³-hybridized carbons (Fsp3) is 0.250. The molecule has 0 saturated heterocycles. The standard InChI is InChI=1S/C12H12N2O3/c1-7-4-5-10-9(11(7)12(16)17-3)6-13-14(10)8(2)15/h4-6H,1-3H3. The van der Waals surface area contributed by atoms with Crippen molar-refractivity contribution in [1.29, 1.82) is 0 Å². The Morgan fingerprint density at radius 1 is 1.35 bits per heavy atom. The largest absolute Gasteiger partial charge is 0.465 e. The number of fused-ring (bicyclic) bond motifs is 1. The quantitative estimate of drug-likeness (QED) is 0.703. The third kappa shape index (κ3) is 1.69. The van der Waals surface area contributed by atoms with Crippen molar-refractivity contribution in [2.45, 2.75) is 13.8 Å². The molecule has 0 unspecified atom stereocenters. The number of hydrogen-bond donors (Lipinski definition) is 0. The van der Waals surface area contributed by atoms with E-state index in [0.29, 0.717) is 16.5 Å². The van der Waals surface area contributed by atoms with Crippen molar-refractivity contribution in [3.05, 3.63) is 29.5 Å². The van der Waals surface area contributed by atoms with E-state index in [9.17, 15) is 9.59 Å². The molecule has 2 rings (SSSR count). The predicted octanol–water partition coefficient (Wildman–Crippen LogP) is 1.79. The minimum absolute atomic E-state index is 0.195. The zero-order valence-electron chi connectivity index (χ0n) is 9.85. The van der Waals surface area contributed by atoms with Gasteiger partial charge in [0, 0.05) is 12.3 Å². The summed E-state index contributed by atoms with van der Waals surface area (Å²) in [7, 11) is 1.33. The van der Waals surface area contributed by atoms with Crippen molar-refractivity contribution in [3.8, 4) is 0 Å². The molecule has 0 amide bonds. The highest BCUT2D eigenvalue weighted by Crippen LogP contribution is 2.22. The zero-order valence-corrected chi connectivity index (χ0v) is 9.85. The van der Waals surface area contributed by atoms with Gasteiger partial charge in [-0.15, -0.1) is 0 Å². The van der Waals surface area contributed by atoms with Gasteiger partial charge < -0.3 is 4.74 Å². The molecule has 0 saturated carbocycles. The van der Waals surface area contributed by atoms with Crippen molar-refractivity contribution >= 4 is 22.8 Å². The number of aromatic nitrogens is 2. The third-order valence-electron chi connectivity index (χ3n) is 2.65. The smallest absolute Gasteiger partial charge is 0.338 e. The summed E-state index contributed by atoms with van der Waals surface area (Å²) in [5.74, 6) is -0.615. The minimum atomic E-state index is -0.420. The average molecular weight is 232 g/mol. The maximum atomic E-state index is 11.7. The number of carbonyl (C=O) groups is 2. The Labute approximate surface area is 98.0 Å². The van der Waals surface area contributed by atoms with Crippen molar-refractivity contribution in [3.63, 3.8) is 0 Å².